The molecule has 0 spiro atoms. The molecule has 112 valence electrons. The first-order chi connectivity index (χ1) is 10.1. The van der Waals surface area contributed by atoms with Gasteiger partial charge < -0.3 is 9.64 Å². The van der Waals surface area contributed by atoms with Crippen molar-refractivity contribution in [2.75, 3.05) is 14.2 Å². The van der Waals surface area contributed by atoms with E-state index in [-0.39, 0.29) is 11.9 Å². The maximum atomic E-state index is 12.3. The summed E-state index contributed by atoms with van der Waals surface area (Å²) in [6.07, 6.45) is 1.34. The maximum Gasteiger partial charge on any atom is 0.223 e. The lowest BCUT2D eigenvalue weighted by Gasteiger charge is -2.26. The molecule has 0 aliphatic carbocycles. The molecule has 1 aromatic carbocycles. The molecule has 0 aliphatic rings. The molecule has 0 saturated heterocycles. The van der Waals surface area contributed by atoms with Crippen molar-refractivity contribution in [1.82, 2.24) is 4.90 Å². The van der Waals surface area contributed by atoms with E-state index in [0.29, 0.717) is 6.42 Å². The minimum atomic E-state index is -0.00279. The van der Waals surface area contributed by atoms with Crippen LogP contribution in [0.2, 0.25) is 0 Å². The van der Waals surface area contributed by atoms with E-state index in [1.807, 2.05) is 49.7 Å². The Hall–Kier alpha value is -1.81. The molecular formula is C17H21NO2S. The van der Waals surface area contributed by atoms with Crippen molar-refractivity contribution in [3.05, 3.63) is 52.2 Å². The van der Waals surface area contributed by atoms with Gasteiger partial charge in [0.15, 0.2) is 0 Å². The highest BCUT2D eigenvalue weighted by molar-refractivity contribution is 7.09. The molecule has 21 heavy (non-hydrogen) atoms. The highest BCUT2D eigenvalue weighted by Gasteiger charge is 2.19. The van der Waals surface area contributed by atoms with Crippen molar-refractivity contribution < 1.29 is 9.53 Å². The Morgan fingerprint density at radius 2 is 2.05 bits per heavy atom. The number of methoxy groups -OCH3 is 1. The predicted octanol–water partition coefficient (Wildman–Crippen LogP) is 3.91. The number of amides is 1. The van der Waals surface area contributed by atoms with E-state index in [4.69, 9.17) is 4.74 Å². The molecule has 1 aromatic heterocycles. The van der Waals surface area contributed by atoms with Crippen LogP contribution in [0, 0.1) is 0 Å². The molecule has 0 N–H and O–H groups in total. The Kier molecular flexibility index (Phi) is 5.39. The molecule has 3 nitrogen and oxygen atoms in total. The highest BCUT2D eigenvalue weighted by atomic mass is 32.1. The average Bonchev–Trinajstić information content (AvgIpc) is 3.04. The van der Waals surface area contributed by atoms with Crippen LogP contribution < -0.4 is 4.74 Å². The van der Waals surface area contributed by atoms with Crippen LogP contribution >= 0.6 is 11.3 Å². The Balaban J connectivity index is 2.00. The van der Waals surface area contributed by atoms with Crippen LogP contribution in [-0.2, 0) is 11.2 Å². The van der Waals surface area contributed by atoms with Gasteiger partial charge in [0.25, 0.3) is 0 Å². The zero-order chi connectivity index (χ0) is 15.2. The van der Waals surface area contributed by atoms with Crippen molar-refractivity contribution in [1.29, 1.82) is 0 Å². The highest BCUT2D eigenvalue weighted by Crippen LogP contribution is 2.28. The van der Waals surface area contributed by atoms with Crippen molar-refractivity contribution in [3.63, 3.8) is 0 Å². The third-order valence-corrected chi connectivity index (χ3v) is 4.66. The van der Waals surface area contributed by atoms with E-state index in [2.05, 4.69) is 6.07 Å². The number of ether oxygens (including phenoxy) is 1. The Morgan fingerprint density at radius 3 is 2.71 bits per heavy atom. The van der Waals surface area contributed by atoms with Crippen molar-refractivity contribution >= 4 is 17.2 Å². The van der Waals surface area contributed by atoms with Gasteiger partial charge in [-0.25, -0.2) is 0 Å². The molecule has 0 saturated carbocycles. The molecule has 0 radical (unpaired) electrons. The van der Waals surface area contributed by atoms with E-state index in [0.717, 1.165) is 17.7 Å². The molecule has 0 bridgehead atoms. The molecule has 2 rings (SSSR count). The first-order valence-electron chi connectivity index (χ1n) is 7.04. The third-order valence-electron chi connectivity index (χ3n) is 3.73. The normalized spacial score (nSPS) is 12.0. The molecule has 2 aromatic rings. The van der Waals surface area contributed by atoms with Crippen LogP contribution in [0.5, 0.6) is 5.75 Å². The first kappa shape index (κ1) is 15.6. The number of carbonyl (C=O) groups excluding carboxylic acids is 1. The number of carbonyl (C=O) groups is 1. The number of rotatable bonds is 6. The second-order valence-corrected chi connectivity index (χ2v) is 6.03. The van der Waals surface area contributed by atoms with E-state index >= 15 is 0 Å². The predicted molar refractivity (Wildman–Crippen MR) is 86.8 cm³/mol. The summed E-state index contributed by atoms with van der Waals surface area (Å²) in [5.41, 5.74) is 1.03. The third kappa shape index (κ3) is 3.85. The fourth-order valence-corrected chi connectivity index (χ4v) is 3.01. The van der Waals surface area contributed by atoms with E-state index < -0.39 is 0 Å². The lowest BCUT2D eigenvalue weighted by atomic mass is 10.1. The van der Waals surface area contributed by atoms with Crippen LogP contribution in [0.3, 0.4) is 0 Å². The van der Waals surface area contributed by atoms with Gasteiger partial charge in [0, 0.05) is 23.9 Å². The zero-order valence-corrected chi connectivity index (χ0v) is 13.5. The zero-order valence-electron chi connectivity index (χ0n) is 12.7. The standard InChI is InChI=1S/C17H21NO2S/c1-13(15-8-4-5-9-16(15)20-3)18(2)17(19)11-10-14-7-6-12-21-14/h4-9,12-13H,10-11H2,1-3H3. The molecule has 1 heterocycles. The van der Waals surface area contributed by atoms with Gasteiger partial charge in [-0.15, -0.1) is 11.3 Å². The monoisotopic (exact) mass is 303 g/mol. The van der Waals surface area contributed by atoms with Gasteiger partial charge in [0.1, 0.15) is 5.75 Å². The summed E-state index contributed by atoms with van der Waals surface area (Å²) in [6, 6.07) is 11.9. The van der Waals surface area contributed by atoms with Crippen molar-refractivity contribution in [2.45, 2.75) is 25.8 Å². The Bertz CT molecular complexity index is 580. The number of benzene rings is 1. The average molecular weight is 303 g/mol. The van der Waals surface area contributed by atoms with Crippen LogP contribution in [-0.4, -0.2) is 25.0 Å². The smallest absolute Gasteiger partial charge is 0.223 e. The summed E-state index contributed by atoms with van der Waals surface area (Å²) in [5.74, 6) is 0.977. The number of para-hydroxylation sites is 1. The minimum Gasteiger partial charge on any atom is -0.496 e. The lowest BCUT2D eigenvalue weighted by Crippen LogP contribution is -2.30. The lowest BCUT2D eigenvalue weighted by molar-refractivity contribution is -0.131. The molecule has 4 heteroatoms. The van der Waals surface area contributed by atoms with Crippen LogP contribution in [0.4, 0.5) is 0 Å². The summed E-state index contributed by atoms with van der Waals surface area (Å²) in [6.45, 7) is 2.03. The van der Waals surface area contributed by atoms with Gasteiger partial charge in [-0.05, 0) is 30.9 Å². The molecule has 1 amide bonds. The Morgan fingerprint density at radius 1 is 1.29 bits per heavy atom. The fraction of sp³-hybridized carbons (Fsp3) is 0.353. The van der Waals surface area contributed by atoms with E-state index in [1.165, 1.54) is 4.88 Å². The molecule has 0 fully saturated rings. The maximum absolute atomic E-state index is 12.3. The summed E-state index contributed by atoms with van der Waals surface area (Å²) in [5, 5.41) is 2.04. The summed E-state index contributed by atoms with van der Waals surface area (Å²) in [7, 11) is 3.51. The molecular weight excluding hydrogens is 282 g/mol. The van der Waals surface area contributed by atoms with Gasteiger partial charge in [-0.3, -0.25) is 4.79 Å². The van der Waals surface area contributed by atoms with Crippen LogP contribution in [0.1, 0.15) is 29.8 Å². The van der Waals surface area contributed by atoms with Gasteiger partial charge in [0.05, 0.1) is 13.2 Å². The number of thiophene rings is 1. The first-order valence-corrected chi connectivity index (χ1v) is 7.92. The largest absolute Gasteiger partial charge is 0.496 e. The van der Waals surface area contributed by atoms with Gasteiger partial charge in [-0.1, -0.05) is 24.3 Å². The molecule has 1 unspecified atom stereocenters. The van der Waals surface area contributed by atoms with Crippen LogP contribution in [0.15, 0.2) is 41.8 Å². The molecule has 1 atom stereocenters. The second kappa shape index (κ2) is 7.27. The van der Waals surface area contributed by atoms with Crippen molar-refractivity contribution in [3.8, 4) is 5.75 Å². The van der Waals surface area contributed by atoms with Gasteiger partial charge in [-0.2, -0.15) is 0 Å². The summed E-state index contributed by atoms with van der Waals surface area (Å²) >= 11 is 1.70. The fourth-order valence-electron chi connectivity index (χ4n) is 2.30. The number of hydrogen-bond donors (Lipinski definition) is 0. The number of nitrogens with zero attached hydrogens (tertiary/aromatic N) is 1. The minimum absolute atomic E-state index is 0.00279. The van der Waals surface area contributed by atoms with Crippen molar-refractivity contribution in [2.24, 2.45) is 0 Å². The van der Waals surface area contributed by atoms with Gasteiger partial charge in [0.2, 0.25) is 5.91 Å². The topological polar surface area (TPSA) is 29.5 Å². The molecule has 0 aliphatic heterocycles. The quantitative estimate of drug-likeness (QED) is 0.810. The van der Waals surface area contributed by atoms with E-state index in [1.54, 1.807) is 23.3 Å². The summed E-state index contributed by atoms with van der Waals surface area (Å²) in [4.78, 5) is 15.4. The SMILES string of the molecule is COc1ccccc1C(C)N(C)C(=O)CCc1cccs1. The number of aryl methyl sites for hydroxylation is 1. The van der Waals surface area contributed by atoms with E-state index in [9.17, 15) is 4.79 Å². The van der Waals surface area contributed by atoms with Gasteiger partial charge >= 0.3 is 0 Å². The van der Waals surface area contributed by atoms with Crippen LogP contribution in [0.25, 0.3) is 0 Å². The second-order valence-electron chi connectivity index (χ2n) is 5.00. The Labute approximate surface area is 130 Å². The number of hydrogen-bond acceptors (Lipinski definition) is 3. The summed E-state index contributed by atoms with van der Waals surface area (Å²) < 4.78 is 5.38.